The van der Waals surface area contributed by atoms with Gasteiger partial charge in [-0.05, 0) is 37.9 Å². The van der Waals surface area contributed by atoms with Gasteiger partial charge in [0.15, 0.2) is 0 Å². The number of piperidine rings is 1. The van der Waals surface area contributed by atoms with Crippen LogP contribution in [0.2, 0.25) is 0 Å². The standard InChI is InChI=1S/C13H18N2O/c1-11(16)15(12-7-3-2-4-8-12)13-9-5-6-10-14-13/h2-4,7-8,13-14H,5-6,9-10H2,1H3. The van der Waals surface area contributed by atoms with Gasteiger partial charge in [0, 0.05) is 12.6 Å². The summed E-state index contributed by atoms with van der Waals surface area (Å²) in [6.07, 6.45) is 3.59. The Kier molecular flexibility index (Phi) is 3.57. The molecule has 1 aromatic carbocycles. The molecule has 1 aliphatic heterocycles. The lowest BCUT2D eigenvalue weighted by Gasteiger charge is -2.34. The van der Waals surface area contributed by atoms with Gasteiger partial charge in [0.2, 0.25) is 5.91 Å². The maximum atomic E-state index is 11.7. The van der Waals surface area contributed by atoms with Crippen LogP contribution in [0.3, 0.4) is 0 Å². The Bertz CT molecular complexity index is 344. The summed E-state index contributed by atoms with van der Waals surface area (Å²) in [5, 5.41) is 3.40. The van der Waals surface area contributed by atoms with E-state index in [1.54, 1.807) is 6.92 Å². The van der Waals surface area contributed by atoms with E-state index in [4.69, 9.17) is 0 Å². The summed E-state index contributed by atoms with van der Waals surface area (Å²) in [5.74, 6) is 0.102. The van der Waals surface area contributed by atoms with Crippen molar-refractivity contribution in [1.82, 2.24) is 5.32 Å². The minimum atomic E-state index is 0.102. The van der Waals surface area contributed by atoms with E-state index in [1.165, 1.54) is 12.8 Å². The van der Waals surface area contributed by atoms with Crippen molar-refractivity contribution in [3.8, 4) is 0 Å². The fraction of sp³-hybridized carbons (Fsp3) is 0.462. The summed E-state index contributed by atoms with van der Waals surface area (Å²) in [5.41, 5.74) is 0.981. The van der Waals surface area contributed by atoms with Gasteiger partial charge in [-0.15, -0.1) is 0 Å². The largest absolute Gasteiger partial charge is 0.297 e. The number of nitrogens with zero attached hydrogens (tertiary/aromatic N) is 1. The predicted molar refractivity (Wildman–Crippen MR) is 65.2 cm³/mol. The Labute approximate surface area is 96.5 Å². The number of carbonyl (C=O) groups is 1. The molecule has 1 aromatic rings. The van der Waals surface area contributed by atoms with Crippen molar-refractivity contribution in [2.45, 2.75) is 32.4 Å². The van der Waals surface area contributed by atoms with Crippen LogP contribution in [0.5, 0.6) is 0 Å². The fourth-order valence-corrected chi connectivity index (χ4v) is 2.22. The van der Waals surface area contributed by atoms with Crippen molar-refractivity contribution in [3.63, 3.8) is 0 Å². The second-order valence-electron chi connectivity index (χ2n) is 4.19. The second-order valence-corrected chi connectivity index (χ2v) is 4.19. The van der Waals surface area contributed by atoms with E-state index in [-0.39, 0.29) is 12.1 Å². The maximum Gasteiger partial charge on any atom is 0.225 e. The SMILES string of the molecule is CC(=O)N(c1ccccc1)C1CCCCN1. The summed E-state index contributed by atoms with van der Waals surface area (Å²) in [6, 6.07) is 9.87. The van der Waals surface area contributed by atoms with E-state index < -0.39 is 0 Å². The lowest BCUT2D eigenvalue weighted by Crippen LogP contribution is -2.50. The Hall–Kier alpha value is -1.35. The summed E-state index contributed by atoms with van der Waals surface area (Å²) < 4.78 is 0. The average molecular weight is 218 g/mol. The third-order valence-electron chi connectivity index (χ3n) is 2.97. The molecular weight excluding hydrogens is 200 g/mol. The molecule has 1 unspecified atom stereocenters. The molecule has 0 radical (unpaired) electrons. The lowest BCUT2D eigenvalue weighted by molar-refractivity contribution is -0.117. The maximum absolute atomic E-state index is 11.7. The number of carbonyl (C=O) groups excluding carboxylic acids is 1. The molecular formula is C13H18N2O. The second kappa shape index (κ2) is 5.12. The van der Waals surface area contributed by atoms with Crippen molar-refractivity contribution in [1.29, 1.82) is 0 Å². The summed E-state index contributed by atoms with van der Waals surface area (Å²) >= 11 is 0. The quantitative estimate of drug-likeness (QED) is 0.824. The van der Waals surface area contributed by atoms with E-state index >= 15 is 0 Å². The molecule has 1 amide bonds. The Morgan fingerprint density at radius 2 is 2.06 bits per heavy atom. The zero-order chi connectivity index (χ0) is 11.4. The average Bonchev–Trinajstić information content (AvgIpc) is 2.31. The number of anilines is 1. The normalized spacial score (nSPS) is 20.4. The van der Waals surface area contributed by atoms with Crippen LogP contribution in [0.25, 0.3) is 0 Å². The Morgan fingerprint density at radius 3 is 2.62 bits per heavy atom. The molecule has 1 saturated heterocycles. The number of amides is 1. The number of rotatable bonds is 2. The van der Waals surface area contributed by atoms with E-state index in [2.05, 4.69) is 5.32 Å². The van der Waals surface area contributed by atoms with Crippen molar-refractivity contribution in [3.05, 3.63) is 30.3 Å². The topological polar surface area (TPSA) is 32.3 Å². The van der Waals surface area contributed by atoms with Crippen LogP contribution < -0.4 is 10.2 Å². The van der Waals surface area contributed by atoms with E-state index in [0.29, 0.717) is 0 Å². The minimum Gasteiger partial charge on any atom is -0.297 e. The van der Waals surface area contributed by atoms with Crippen LogP contribution in [0.15, 0.2) is 30.3 Å². The lowest BCUT2D eigenvalue weighted by atomic mass is 10.1. The third kappa shape index (κ3) is 2.42. The first-order valence-electron chi connectivity index (χ1n) is 5.87. The number of nitrogens with one attached hydrogen (secondary N) is 1. The molecule has 0 spiro atoms. The van der Waals surface area contributed by atoms with Crippen LogP contribution in [-0.2, 0) is 4.79 Å². The van der Waals surface area contributed by atoms with Gasteiger partial charge in [0.1, 0.15) is 0 Å². The predicted octanol–water partition coefficient (Wildman–Crippen LogP) is 2.14. The highest BCUT2D eigenvalue weighted by Crippen LogP contribution is 2.20. The molecule has 0 aliphatic carbocycles. The van der Waals surface area contributed by atoms with Gasteiger partial charge in [-0.2, -0.15) is 0 Å². The van der Waals surface area contributed by atoms with E-state index in [9.17, 15) is 4.79 Å². The number of hydrogen-bond donors (Lipinski definition) is 1. The molecule has 3 nitrogen and oxygen atoms in total. The molecule has 0 bridgehead atoms. The third-order valence-corrected chi connectivity index (χ3v) is 2.97. The number of hydrogen-bond acceptors (Lipinski definition) is 2. The number of benzene rings is 1. The van der Waals surface area contributed by atoms with Gasteiger partial charge in [-0.1, -0.05) is 18.2 Å². The Balaban J connectivity index is 2.20. The molecule has 0 saturated carbocycles. The smallest absolute Gasteiger partial charge is 0.225 e. The highest BCUT2D eigenvalue weighted by atomic mass is 16.2. The molecule has 86 valence electrons. The fourth-order valence-electron chi connectivity index (χ4n) is 2.22. The molecule has 1 N–H and O–H groups in total. The van der Waals surface area contributed by atoms with Crippen LogP contribution in [0, 0.1) is 0 Å². The van der Waals surface area contributed by atoms with Crippen molar-refractivity contribution >= 4 is 11.6 Å². The van der Waals surface area contributed by atoms with Crippen LogP contribution >= 0.6 is 0 Å². The monoisotopic (exact) mass is 218 g/mol. The van der Waals surface area contributed by atoms with E-state index in [0.717, 1.165) is 18.7 Å². The zero-order valence-electron chi connectivity index (χ0n) is 9.65. The van der Waals surface area contributed by atoms with Gasteiger partial charge in [0.05, 0.1) is 6.17 Å². The first-order valence-corrected chi connectivity index (χ1v) is 5.87. The van der Waals surface area contributed by atoms with Crippen LogP contribution in [-0.4, -0.2) is 18.6 Å². The minimum absolute atomic E-state index is 0.102. The van der Waals surface area contributed by atoms with Crippen molar-refractivity contribution in [2.24, 2.45) is 0 Å². The molecule has 1 aliphatic rings. The van der Waals surface area contributed by atoms with Gasteiger partial charge in [0.25, 0.3) is 0 Å². The molecule has 2 rings (SSSR count). The molecule has 0 aromatic heterocycles. The number of para-hydroxylation sites is 1. The summed E-state index contributed by atoms with van der Waals surface area (Å²) in [6.45, 7) is 2.63. The summed E-state index contributed by atoms with van der Waals surface area (Å²) in [4.78, 5) is 13.6. The van der Waals surface area contributed by atoms with Crippen LogP contribution in [0.4, 0.5) is 5.69 Å². The van der Waals surface area contributed by atoms with Crippen molar-refractivity contribution < 1.29 is 4.79 Å². The first kappa shape index (κ1) is 11.1. The molecule has 1 atom stereocenters. The first-order chi connectivity index (χ1) is 7.79. The molecule has 3 heteroatoms. The summed E-state index contributed by atoms with van der Waals surface area (Å²) in [7, 11) is 0. The molecule has 1 fully saturated rings. The van der Waals surface area contributed by atoms with Crippen molar-refractivity contribution in [2.75, 3.05) is 11.4 Å². The zero-order valence-corrected chi connectivity index (χ0v) is 9.65. The van der Waals surface area contributed by atoms with Crippen LogP contribution in [0.1, 0.15) is 26.2 Å². The van der Waals surface area contributed by atoms with Gasteiger partial charge < -0.3 is 0 Å². The molecule has 16 heavy (non-hydrogen) atoms. The Morgan fingerprint density at radius 1 is 1.31 bits per heavy atom. The highest BCUT2D eigenvalue weighted by Gasteiger charge is 2.23. The van der Waals surface area contributed by atoms with E-state index in [1.807, 2.05) is 35.2 Å². The van der Waals surface area contributed by atoms with Gasteiger partial charge in [-0.25, -0.2) is 0 Å². The van der Waals surface area contributed by atoms with Gasteiger partial charge in [-0.3, -0.25) is 15.0 Å². The highest BCUT2D eigenvalue weighted by molar-refractivity contribution is 5.91. The van der Waals surface area contributed by atoms with Gasteiger partial charge >= 0.3 is 0 Å². The molecule has 1 heterocycles.